The number of rotatable bonds is 2. The molecule has 0 saturated carbocycles. The number of hydrogen-bond acceptors (Lipinski definition) is 2. The van der Waals surface area contributed by atoms with Crippen molar-refractivity contribution in [2.75, 3.05) is 26.7 Å². The molecule has 4 nitrogen and oxygen atoms in total. The van der Waals surface area contributed by atoms with Gasteiger partial charge in [0.15, 0.2) is 0 Å². The van der Waals surface area contributed by atoms with Crippen LogP contribution in [0.3, 0.4) is 0 Å². The van der Waals surface area contributed by atoms with Gasteiger partial charge in [-0.25, -0.2) is 4.79 Å². The molecule has 0 aromatic rings. The van der Waals surface area contributed by atoms with Crippen molar-refractivity contribution in [3.05, 3.63) is 0 Å². The van der Waals surface area contributed by atoms with Crippen molar-refractivity contribution in [1.29, 1.82) is 0 Å². The average Bonchev–Trinajstić information content (AvgIpc) is 2.14. The second-order valence-electron chi connectivity index (χ2n) is 5.83. The van der Waals surface area contributed by atoms with E-state index in [0.717, 1.165) is 19.6 Å². The monoisotopic (exact) mass is 227 g/mol. The number of amides is 2. The number of carbonyl (C=O) groups excluding carboxylic acids is 1. The summed E-state index contributed by atoms with van der Waals surface area (Å²) in [5, 5.41) is 5.86. The highest BCUT2D eigenvalue weighted by Crippen LogP contribution is 2.14. The zero-order valence-electron chi connectivity index (χ0n) is 11.0. The van der Waals surface area contributed by atoms with E-state index in [4.69, 9.17) is 0 Å². The first-order valence-corrected chi connectivity index (χ1v) is 6.11. The average molecular weight is 227 g/mol. The molecule has 2 N–H and O–H groups in total. The first kappa shape index (κ1) is 13.3. The topological polar surface area (TPSA) is 44.4 Å². The Labute approximate surface area is 98.8 Å². The Kier molecular flexibility index (Phi) is 4.59. The fourth-order valence-electron chi connectivity index (χ4n) is 1.89. The van der Waals surface area contributed by atoms with Gasteiger partial charge in [-0.1, -0.05) is 0 Å². The van der Waals surface area contributed by atoms with Crippen LogP contribution in [-0.2, 0) is 0 Å². The Morgan fingerprint density at radius 3 is 2.38 bits per heavy atom. The molecule has 0 aliphatic carbocycles. The molecule has 94 valence electrons. The zero-order chi connectivity index (χ0) is 12.2. The van der Waals surface area contributed by atoms with Crippen LogP contribution in [0.15, 0.2) is 0 Å². The van der Waals surface area contributed by atoms with Crippen LogP contribution >= 0.6 is 0 Å². The van der Waals surface area contributed by atoms with Crippen molar-refractivity contribution in [3.63, 3.8) is 0 Å². The maximum Gasteiger partial charge on any atom is 0.315 e. The van der Waals surface area contributed by atoms with Crippen molar-refractivity contribution in [1.82, 2.24) is 15.5 Å². The summed E-state index contributed by atoms with van der Waals surface area (Å²) < 4.78 is 0. The first-order valence-electron chi connectivity index (χ1n) is 6.11. The number of piperidine rings is 1. The lowest BCUT2D eigenvalue weighted by molar-refractivity contribution is 0.207. The Morgan fingerprint density at radius 2 is 1.88 bits per heavy atom. The molecule has 1 fully saturated rings. The number of hydrogen-bond donors (Lipinski definition) is 2. The normalized spacial score (nSPS) is 19.5. The smallest absolute Gasteiger partial charge is 0.315 e. The van der Waals surface area contributed by atoms with Crippen LogP contribution in [0.25, 0.3) is 0 Å². The summed E-state index contributed by atoms with van der Waals surface area (Å²) in [4.78, 5) is 13.9. The molecular formula is C12H25N3O. The van der Waals surface area contributed by atoms with Crippen LogP contribution in [0.5, 0.6) is 0 Å². The minimum Gasteiger partial charge on any atom is -0.338 e. The van der Waals surface area contributed by atoms with Gasteiger partial charge in [-0.3, -0.25) is 0 Å². The molecule has 1 saturated heterocycles. The predicted molar refractivity (Wildman–Crippen MR) is 66.5 cm³/mol. The minimum absolute atomic E-state index is 0.0496. The quantitative estimate of drug-likeness (QED) is 0.749. The fourth-order valence-corrected chi connectivity index (χ4v) is 1.89. The maximum atomic E-state index is 11.5. The minimum atomic E-state index is -0.156. The summed E-state index contributed by atoms with van der Waals surface area (Å²) in [5.41, 5.74) is -0.156. The standard InChI is InChI=1S/C12H25N3O/c1-12(2,3)14-11(16)13-9-10-5-7-15(4)8-6-10/h10H,5-9H2,1-4H3,(H2,13,14,16). The van der Waals surface area contributed by atoms with Crippen molar-refractivity contribution in [2.24, 2.45) is 5.92 Å². The summed E-state index contributed by atoms with van der Waals surface area (Å²) in [5.74, 6) is 0.641. The molecule has 0 unspecified atom stereocenters. The summed E-state index contributed by atoms with van der Waals surface area (Å²) in [7, 11) is 2.15. The third-order valence-electron chi connectivity index (χ3n) is 2.88. The van der Waals surface area contributed by atoms with E-state index in [2.05, 4.69) is 22.6 Å². The molecule has 1 rings (SSSR count). The predicted octanol–water partition coefficient (Wildman–Crippen LogP) is 1.43. The van der Waals surface area contributed by atoms with E-state index < -0.39 is 0 Å². The molecule has 0 spiro atoms. The van der Waals surface area contributed by atoms with Gasteiger partial charge in [-0.15, -0.1) is 0 Å². The third kappa shape index (κ3) is 5.35. The number of carbonyl (C=O) groups is 1. The summed E-state index contributed by atoms with van der Waals surface area (Å²) in [6.45, 7) is 9.06. The number of nitrogens with zero attached hydrogens (tertiary/aromatic N) is 1. The molecule has 0 bridgehead atoms. The van der Waals surface area contributed by atoms with Crippen LogP contribution in [0.1, 0.15) is 33.6 Å². The number of urea groups is 1. The van der Waals surface area contributed by atoms with Gasteiger partial charge in [0.05, 0.1) is 0 Å². The fraction of sp³-hybridized carbons (Fsp3) is 0.917. The molecular weight excluding hydrogens is 202 g/mol. The van der Waals surface area contributed by atoms with Crippen molar-refractivity contribution in [2.45, 2.75) is 39.2 Å². The number of likely N-dealkylation sites (tertiary alicyclic amines) is 1. The van der Waals surface area contributed by atoms with Crippen LogP contribution < -0.4 is 10.6 Å². The Hall–Kier alpha value is -0.770. The molecule has 4 heteroatoms. The van der Waals surface area contributed by atoms with Gasteiger partial charge in [0.2, 0.25) is 0 Å². The van der Waals surface area contributed by atoms with E-state index in [1.54, 1.807) is 0 Å². The number of nitrogens with one attached hydrogen (secondary N) is 2. The van der Waals surface area contributed by atoms with Crippen LogP contribution in [0.2, 0.25) is 0 Å². The molecule has 1 heterocycles. The molecule has 0 aromatic carbocycles. The summed E-state index contributed by atoms with van der Waals surface area (Å²) in [6, 6.07) is -0.0496. The first-order chi connectivity index (χ1) is 7.37. The SMILES string of the molecule is CN1CCC(CNC(=O)NC(C)(C)C)CC1. The molecule has 0 atom stereocenters. The van der Waals surface area contributed by atoms with E-state index in [-0.39, 0.29) is 11.6 Å². The molecule has 16 heavy (non-hydrogen) atoms. The highest BCUT2D eigenvalue weighted by atomic mass is 16.2. The molecule has 0 aromatic heterocycles. The maximum absolute atomic E-state index is 11.5. The van der Waals surface area contributed by atoms with Gasteiger partial charge < -0.3 is 15.5 Å². The highest BCUT2D eigenvalue weighted by molar-refractivity contribution is 5.74. The summed E-state index contributed by atoms with van der Waals surface area (Å²) in [6.07, 6.45) is 2.37. The van der Waals surface area contributed by atoms with Gasteiger partial charge in [-0.05, 0) is 59.7 Å². The lowest BCUT2D eigenvalue weighted by atomic mass is 9.97. The van der Waals surface area contributed by atoms with E-state index in [0.29, 0.717) is 5.92 Å². The van der Waals surface area contributed by atoms with E-state index >= 15 is 0 Å². The Morgan fingerprint density at radius 1 is 1.31 bits per heavy atom. The lowest BCUT2D eigenvalue weighted by Gasteiger charge is -2.29. The van der Waals surface area contributed by atoms with Crippen LogP contribution in [0.4, 0.5) is 4.79 Å². The van der Waals surface area contributed by atoms with Gasteiger partial charge >= 0.3 is 6.03 Å². The molecule has 1 aliphatic rings. The second-order valence-corrected chi connectivity index (χ2v) is 5.83. The van der Waals surface area contributed by atoms with Crippen molar-refractivity contribution >= 4 is 6.03 Å². The van der Waals surface area contributed by atoms with Crippen LogP contribution in [-0.4, -0.2) is 43.2 Å². The van der Waals surface area contributed by atoms with Crippen LogP contribution in [0, 0.1) is 5.92 Å². The van der Waals surface area contributed by atoms with E-state index in [1.165, 1.54) is 12.8 Å². The van der Waals surface area contributed by atoms with Crippen molar-refractivity contribution < 1.29 is 4.79 Å². The lowest BCUT2D eigenvalue weighted by Crippen LogP contribution is -2.48. The molecule has 0 radical (unpaired) electrons. The zero-order valence-corrected chi connectivity index (χ0v) is 11.0. The summed E-state index contributed by atoms with van der Waals surface area (Å²) >= 11 is 0. The molecule has 2 amide bonds. The van der Waals surface area contributed by atoms with Gasteiger partial charge in [0.1, 0.15) is 0 Å². The second kappa shape index (κ2) is 5.53. The Balaban J connectivity index is 2.17. The third-order valence-corrected chi connectivity index (χ3v) is 2.88. The van der Waals surface area contributed by atoms with Gasteiger partial charge in [-0.2, -0.15) is 0 Å². The van der Waals surface area contributed by atoms with Crippen molar-refractivity contribution in [3.8, 4) is 0 Å². The molecule has 1 aliphatic heterocycles. The largest absolute Gasteiger partial charge is 0.338 e. The van der Waals surface area contributed by atoms with Gasteiger partial charge in [0, 0.05) is 12.1 Å². The Bertz CT molecular complexity index is 227. The van der Waals surface area contributed by atoms with E-state index in [1.807, 2.05) is 20.8 Å². The van der Waals surface area contributed by atoms with Gasteiger partial charge in [0.25, 0.3) is 0 Å². The highest BCUT2D eigenvalue weighted by Gasteiger charge is 2.18. The van der Waals surface area contributed by atoms with E-state index in [9.17, 15) is 4.79 Å².